The van der Waals surface area contributed by atoms with E-state index in [4.69, 9.17) is 11.5 Å². The smallest absolute Gasteiger partial charge is 0.236 e. The molecule has 0 spiro atoms. The van der Waals surface area contributed by atoms with Crippen molar-refractivity contribution >= 4 is 17.5 Å². The van der Waals surface area contributed by atoms with Gasteiger partial charge in [0.1, 0.15) is 0 Å². The first-order chi connectivity index (χ1) is 9.43. The van der Waals surface area contributed by atoms with E-state index in [1.54, 1.807) is 4.90 Å². The monoisotopic (exact) mass is 278 g/mol. The summed E-state index contributed by atoms with van der Waals surface area (Å²) in [7, 11) is 0. The van der Waals surface area contributed by atoms with E-state index in [0.29, 0.717) is 0 Å². The molecule has 0 heterocycles. The van der Waals surface area contributed by atoms with Crippen LogP contribution in [0, 0.1) is 6.92 Å². The molecule has 0 fully saturated rings. The molecule has 2 amide bonds. The molecule has 20 heavy (non-hydrogen) atoms. The molecule has 0 unspecified atom stereocenters. The van der Waals surface area contributed by atoms with Gasteiger partial charge in [0.15, 0.2) is 0 Å². The quantitative estimate of drug-likeness (QED) is 0.617. The minimum atomic E-state index is -0.498. The number of rotatable bonds is 8. The number of primary amides is 2. The van der Waals surface area contributed by atoms with Crippen LogP contribution in [-0.4, -0.2) is 31.4 Å². The van der Waals surface area contributed by atoms with Gasteiger partial charge in [0.2, 0.25) is 11.8 Å². The first-order valence-corrected chi connectivity index (χ1v) is 6.55. The maximum atomic E-state index is 11.1. The number of carbonyl (C=O) groups is 2. The van der Waals surface area contributed by atoms with Crippen molar-refractivity contribution in [3.8, 4) is 0 Å². The molecule has 6 nitrogen and oxygen atoms in total. The molecule has 0 saturated heterocycles. The van der Waals surface area contributed by atoms with Crippen LogP contribution in [-0.2, 0) is 16.1 Å². The van der Waals surface area contributed by atoms with Crippen molar-refractivity contribution in [2.75, 3.05) is 24.5 Å². The molecular weight excluding hydrogens is 256 g/mol. The first-order valence-electron chi connectivity index (χ1n) is 6.55. The number of amides is 2. The maximum Gasteiger partial charge on any atom is 0.236 e. The van der Waals surface area contributed by atoms with Crippen molar-refractivity contribution in [2.24, 2.45) is 11.5 Å². The Balaban J connectivity index is 2.95. The molecule has 0 saturated carbocycles. The molecule has 0 aliphatic carbocycles. The third-order valence-corrected chi connectivity index (χ3v) is 2.87. The molecule has 1 aromatic rings. The van der Waals surface area contributed by atoms with Gasteiger partial charge in [-0.2, -0.15) is 0 Å². The molecule has 0 atom stereocenters. The van der Waals surface area contributed by atoms with Gasteiger partial charge in [-0.15, -0.1) is 0 Å². The fourth-order valence-corrected chi connectivity index (χ4v) is 2.05. The normalized spacial score (nSPS) is 10.3. The lowest BCUT2D eigenvalue weighted by atomic mass is 10.1. The summed E-state index contributed by atoms with van der Waals surface area (Å²) in [6, 6.07) is 5.86. The van der Waals surface area contributed by atoms with Crippen LogP contribution in [0.3, 0.4) is 0 Å². The van der Waals surface area contributed by atoms with Gasteiger partial charge >= 0.3 is 0 Å². The van der Waals surface area contributed by atoms with Gasteiger partial charge in [-0.05, 0) is 30.7 Å². The lowest BCUT2D eigenvalue weighted by Crippen LogP contribution is -2.40. The third kappa shape index (κ3) is 4.89. The molecule has 1 aromatic carbocycles. The Labute approximate surface area is 119 Å². The van der Waals surface area contributed by atoms with Gasteiger partial charge in [0.05, 0.1) is 13.1 Å². The number of nitrogens with one attached hydrogen (secondary N) is 1. The molecule has 6 heteroatoms. The van der Waals surface area contributed by atoms with Crippen LogP contribution in [0.2, 0.25) is 0 Å². The Bertz CT molecular complexity index is 472. The molecule has 1 rings (SSSR count). The summed E-state index contributed by atoms with van der Waals surface area (Å²) < 4.78 is 0. The van der Waals surface area contributed by atoms with Crippen LogP contribution >= 0.6 is 0 Å². The van der Waals surface area contributed by atoms with Crippen LogP contribution in [0.5, 0.6) is 0 Å². The zero-order chi connectivity index (χ0) is 15.1. The molecule has 5 N–H and O–H groups in total. The van der Waals surface area contributed by atoms with Crippen molar-refractivity contribution < 1.29 is 9.59 Å². The molecule has 0 bridgehead atoms. The average molecular weight is 278 g/mol. The highest BCUT2D eigenvalue weighted by atomic mass is 16.2. The second-order valence-electron chi connectivity index (χ2n) is 4.69. The van der Waals surface area contributed by atoms with Crippen LogP contribution in [0.25, 0.3) is 0 Å². The number of nitrogens with zero attached hydrogens (tertiary/aromatic N) is 1. The summed E-state index contributed by atoms with van der Waals surface area (Å²) in [4.78, 5) is 23.8. The van der Waals surface area contributed by atoms with E-state index in [1.807, 2.05) is 32.0 Å². The average Bonchev–Trinajstić information content (AvgIpc) is 2.34. The Morgan fingerprint density at radius 3 is 2.25 bits per heavy atom. The van der Waals surface area contributed by atoms with Crippen molar-refractivity contribution in [3.63, 3.8) is 0 Å². The number of nitrogens with two attached hydrogens (primary N) is 2. The van der Waals surface area contributed by atoms with Gasteiger partial charge in [0.25, 0.3) is 0 Å². The highest BCUT2D eigenvalue weighted by molar-refractivity contribution is 5.85. The fourth-order valence-electron chi connectivity index (χ4n) is 2.05. The molecule has 0 aliphatic rings. The van der Waals surface area contributed by atoms with Crippen molar-refractivity contribution in [3.05, 3.63) is 29.3 Å². The second kappa shape index (κ2) is 7.49. The molecule has 110 valence electrons. The second-order valence-corrected chi connectivity index (χ2v) is 4.69. The summed E-state index contributed by atoms with van der Waals surface area (Å²) in [5.74, 6) is -0.996. The van der Waals surface area contributed by atoms with E-state index < -0.39 is 11.8 Å². The Hall–Kier alpha value is -2.08. The van der Waals surface area contributed by atoms with Crippen LogP contribution < -0.4 is 21.7 Å². The summed E-state index contributed by atoms with van der Waals surface area (Å²) >= 11 is 0. The predicted octanol–water partition coefficient (Wildman–Crippen LogP) is -0.118. The van der Waals surface area contributed by atoms with Gasteiger partial charge < -0.3 is 21.7 Å². The van der Waals surface area contributed by atoms with Crippen molar-refractivity contribution in [1.29, 1.82) is 0 Å². The van der Waals surface area contributed by atoms with Crippen molar-refractivity contribution in [2.45, 2.75) is 20.4 Å². The highest BCUT2D eigenvalue weighted by Crippen LogP contribution is 2.21. The highest BCUT2D eigenvalue weighted by Gasteiger charge is 2.14. The predicted molar refractivity (Wildman–Crippen MR) is 79.2 cm³/mol. The first kappa shape index (κ1) is 16.0. The van der Waals surface area contributed by atoms with E-state index in [0.717, 1.165) is 29.9 Å². The summed E-state index contributed by atoms with van der Waals surface area (Å²) in [6.45, 7) is 5.59. The summed E-state index contributed by atoms with van der Waals surface area (Å²) in [5.41, 5.74) is 13.3. The van der Waals surface area contributed by atoms with E-state index >= 15 is 0 Å². The maximum absolute atomic E-state index is 11.1. The van der Waals surface area contributed by atoms with E-state index in [-0.39, 0.29) is 13.1 Å². The Kier molecular flexibility index (Phi) is 5.99. The standard InChI is InChI=1S/C14H22N4O2/c1-3-17-7-11-4-5-12(10(2)6-11)18(8-13(15)19)9-14(16)20/h4-6,17H,3,7-9H2,1-2H3,(H2,15,19)(H2,16,20). The summed E-state index contributed by atoms with van der Waals surface area (Å²) in [6.07, 6.45) is 0. The SMILES string of the molecule is CCNCc1ccc(N(CC(N)=O)CC(N)=O)c(C)c1. The lowest BCUT2D eigenvalue weighted by Gasteiger charge is -2.24. The number of hydrogen-bond acceptors (Lipinski definition) is 4. The molecule has 0 aliphatic heterocycles. The fraction of sp³-hybridized carbons (Fsp3) is 0.429. The van der Waals surface area contributed by atoms with Gasteiger partial charge in [-0.25, -0.2) is 0 Å². The van der Waals surface area contributed by atoms with E-state index in [2.05, 4.69) is 5.32 Å². The minimum absolute atomic E-state index is 0.0314. The molecule has 0 aromatic heterocycles. The zero-order valence-corrected chi connectivity index (χ0v) is 12.0. The zero-order valence-electron chi connectivity index (χ0n) is 12.0. The topological polar surface area (TPSA) is 101 Å². The van der Waals surface area contributed by atoms with Gasteiger partial charge in [-0.3, -0.25) is 9.59 Å². The van der Waals surface area contributed by atoms with Crippen LogP contribution in [0.4, 0.5) is 5.69 Å². The lowest BCUT2D eigenvalue weighted by molar-refractivity contribution is -0.117. The Morgan fingerprint density at radius 2 is 1.80 bits per heavy atom. The van der Waals surface area contributed by atoms with E-state index in [1.165, 1.54) is 0 Å². The van der Waals surface area contributed by atoms with Crippen LogP contribution in [0.1, 0.15) is 18.1 Å². The largest absolute Gasteiger partial charge is 0.368 e. The van der Waals surface area contributed by atoms with Gasteiger partial charge in [0, 0.05) is 12.2 Å². The number of hydrogen-bond donors (Lipinski definition) is 3. The minimum Gasteiger partial charge on any atom is -0.368 e. The Morgan fingerprint density at radius 1 is 1.20 bits per heavy atom. The summed E-state index contributed by atoms with van der Waals surface area (Å²) in [5, 5.41) is 3.24. The number of aryl methyl sites for hydroxylation is 1. The number of benzene rings is 1. The molecular formula is C14H22N4O2. The van der Waals surface area contributed by atoms with Crippen LogP contribution in [0.15, 0.2) is 18.2 Å². The van der Waals surface area contributed by atoms with E-state index in [9.17, 15) is 9.59 Å². The third-order valence-electron chi connectivity index (χ3n) is 2.87. The number of carbonyl (C=O) groups excluding carboxylic acids is 2. The van der Waals surface area contributed by atoms with Gasteiger partial charge in [-0.1, -0.05) is 19.1 Å². The van der Waals surface area contributed by atoms with Crippen molar-refractivity contribution in [1.82, 2.24) is 5.32 Å². The number of anilines is 1. The molecule has 0 radical (unpaired) electrons.